The van der Waals surface area contributed by atoms with Crippen molar-refractivity contribution in [2.45, 2.75) is 19.9 Å². The van der Waals surface area contributed by atoms with Crippen LogP contribution in [0.1, 0.15) is 31.2 Å². The van der Waals surface area contributed by atoms with Crippen molar-refractivity contribution in [3.63, 3.8) is 0 Å². The summed E-state index contributed by atoms with van der Waals surface area (Å²) < 4.78 is 9.31. The Hall–Kier alpha value is -3.87. The Labute approximate surface area is 215 Å². The van der Waals surface area contributed by atoms with Gasteiger partial charge in [0, 0.05) is 0 Å². The number of nitrogens with one attached hydrogen (secondary N) is 2. The summed E-state index contributed by atoms with van der Waals surface area (Å²) in [6, 6.07) is 15.8. The average Bonchev–Trinajstić information content (AvgIpc) is 3.61. The number of nitrogens with zero attached hydrogens (tertiary/aromatic N) is 2. The number of rotatable bonds is 8. The van der Waals surface area contributed by atoms with Crippen LogP contribution in [0.5, 0.6) is 5.75 Å². The first kappa shape index (κ1) is 23.9. The molecule has 8 heteroatoms. The molecule has 0 unspecified atom stereocenters. The molecule has 2 amide bonds. The second kappa shape index (κ2) is 10.4. The molecular formula is C28H26N4O3Se. The molecule has 1 aliphatic heterocycles. The van der Waals surface area contributed by atoms with Crippen LogP contribution in [0.4, 0.5) is 5.69 Å². The molecule has 0 saturated carbocycles. The molecule has 182 valence electrons. The van der Waals surface area contributed by atoms with Crippen molar-refractivity contribution in [3.05, 3.63) is 87.3 Å². The van der Waals surface area contributed by atoms with E-state index in [0.29, 0.717) is 17.7 Å². The van der Waals surface area contributed by atoms with Gasteiger partial charge in [-0.05, 0) is 0 Å². The summed E-state index contributed by atoms with van der Waals surface area (Å²) in [5.41, 5.74) is 5.08. The van der Waals surface area contributed by atoms with Gasteiger partial charge in [-0.1, -0.05) is 0 Å². The fourth-order valence-electron chi connectivity index (χ4n) is 4.22. The number of ether oxygens (including phenoxy) is 1. The molecule has 36 heavy (non-hydrogen) atoms. The van der Waals surface area contributed by atoms with E-state index >= 15 is 0 Å². The Balaban J connectivity index is 1.30. The van der Waals surface area contributed by atoms with Crippen LogP contribution in [0.3, 0.4) is 0 Å². The summed E-state index contributed by atoms with van der Waals surface area (Å²) in [6.07, 6.45) is 8.19. The molecule has 0 spiro atoms. The van der Waals surface area contributed by atoms with E-state index in [-0.39, 0.29) is 26.3 Å². The molecule has 7 nitrogen and oxygen atoms in total. The van der Waals surface area contributed by atoms with Gasteiger partial charge in [0.1, 0.15) is 0 Å². The predicted molar refractivity (Wildman–Crippen MR) is 142 cm³/mol. The topological polar surface area (TPSA) is 85.2 Å². The number of hydrogen-bond donors (Lipinski definition) is 2. The normalized spacial score (nSPS) is 13.5. The van der Waals surface area contributed by atoms with Crippen molar-refractivity contribution in [3.8, 4) is 16.9 Å². The number of fused-ring (bicyclic) bond motifs is 1. The van der Waals surface area contributed by atoms with E-state index in [9.17, 15) is 9.59 Å². The molecule has 0 atom stereocenters. The molecule has 3 heterocycles. The molecule has 0 saturated heterocycles. The third-order valence-electron chi connectivity index (χ3n) is 6.13. The van der Waals surface area contributed by atoms with E-state index < -0.39 is 0 Å². The van der Waals surface area contributed by atoms with E-state index in [2.05, 4.69) is 15.6 Å². The van der Waals surface area contributed by atoms with Crippen LogP contribution in [-0.2, 0) is 11.3 Å². The Kier molecular flexibility index (Phi) is 6.89. The zero-order valence-electron chi connectivity index (χ0n) is 20.1. The maximum atomic E-state index is 12.8. The number of carbonyl (C=O) groups is 2. The third-order valence-corrected chi connectivity index (χ3v) is 8.22. The van der Waals surface area contributed by atoms with E-state index in [0.717, 1.165) is 50.0 Å². The fourth-order valence-corrected chi connectivity index (χ4v) is 6.25. The second-order valence-corrected chi connectivity index (χ2v) is 11.2. The minimum absolute atomic E-state index is 0.00253. The van der Waals surface area contributed by atoms with Gasteiger partial charge in [-0.2, -0.15) is 0 Å². The summed E-state index contributed by atoms with van der Waals surface area (Å²) >= 11 is 0.00253. The Morgan fingerprint density at radius 3 is 2.72 bits per heavy atom. The predicted octanol–water partition coefficient (Wildman–Crippen LogP) is 4.24. The van der Waals surface area contributed by atoms with Crippen molar-refractivity contribution in [1.29, 1.82) is 0 Å². The first-order valence-corrected chi connectivity index (χ1v) is 13.4. The zero-order valence-corrected chi connectivity index (χ0v) is 21.8. The van der Waals surface area contributed by atoms with Crippen molar-refractivity contribution in [2.75, 3.05) is 19.0 Å². The average molecular weight is 546 g/mol. The Morgan fingerprint density at radius 1 is 1.17 bits per heavy atom. The Morgan fingerprint density at radius 2 is 1.97 bits per heavy atom. The first-order valence-electron chi connectivity index (χ1n) is 11.7. The van der Waals surface area contributed by atoms with Gasteiger partial charge in [0.05, 0.1) is 7.11 Å². The van der Waals surface area contributed by atoms with Gasteiger partial charge < -0.3 is 0 Å². The maximum absolute atomic E-state index is 12.8. The first-order chi connectivity index (χ1) is 17.5. The SMILES string of the molecule is COc1ccc(-c2ccc3c(c2)NC(=O)/C3=C\c2cc(C(=O)NCCCn3ccnc3)c(C)[se]2)cc1. The number of imidazole rings is 1. The van der Waals surface area contributed by atoms with Gasteiger partial charge >= 0.3 is 209 Å². The monoisotopic (exact) mass is 546 g/mol. The van der Waals surface area contributed by atoms with Crippen LogP contribution in [0.15, 0.2) is 67.3 Å². The number of aryl methyl sites for hydroxylation is 2. The van der Waals surface area contributed by atoms with Crippen LogP contribution in [0.2, 0.25) is 0 Å². The van der Waals surface area contributed by atoms with Crippen LogP contribution < -0.4 is 15.4 Å². The number of anilines is 1. The summed E-state index contributed by atoms with van der Waals surface area (Å²) in [7, 11) is 1.64. The molecule has 2 N–H and O–H groups in total. The summed E-state index contributed by atoms with van der Waals surface area (Å²) in [5.74, 6) is 0.619. The van der Waals surface area contributed by atoms with Gasteiger partial charge in [-0.15, -0.1) is 0 Å². The molecule has 4 aromatic rings. The molecule has 2 aromatic heterocycles. The number of benzene rings is 2. The number of carbonyl (C=O) groups excluding carboxylic acids is 2. The molecule has 0 fully saturated rings. The van der Waals surface area contributed by atoms with Crippen molar-refractivity contribution < 1.29 is 14.3 Å². The molecule has 5 rings (SSSR count). The summed E-state index contributed by atoms with van der Waals surface area (Å²) in [5, 5.41) is 6.01. The quantitative estimate of drug-likeness (QED) is 0.197. The number of amides is 2. The van der Waals surface area contributed by atoms with E-state index in [1.54, 1.807) is 19.6 Å². The number of hydrogen-bond acceptors (Lipinski definition) is 4. The minimum atomic E-state index is -0.122. The third kappa shape index (κ3) is 5.05. The second-order valence-electron chi connectivity index (χ2n) is 8.53. The molecule has 2 aromatic carbocycles. The van der Waals surface area contributed by atoms with E-state index in [1.807, 2.05) is 72.3 Å². The van der Waals surface area contributed by atoms with Gasteiger partial charge in [0.2, 0.25) is 0 Å². The molecular weight excluding hydrogens is 519 g/mol. The van der Waals surface area contributed by atoms with Crippen LogP contribution >= 0.6 is 0 Å². The van der Waals surface area contributed by atoms with Crippen molar-refractivity contribution in [2.24, 2.45) is 0 Å². The van der Waals surface area contributed by atoms with Gasteiger partial charge in [-0.3, -0.25) is 0 Å². The van der Waals surface area contributed by atoms with E-state index in [1.165, 1.54) is 0 Å². The fraction of sp³-hybridized carbons (Fsp3) is 0.179. The summed E-state index contributed by atoms with van der Waals surface area (Å²) in [4.78, 5) is 29.6. The van der Waals surface area contributed by atoms with E-state index in [4.69, 9.17) is 4.74 Å². The number of methoxy groups -OCH3 is 1. The molecule has 0 bridgehead atoms. The molecule has 1 aliphatic rings. The number of aromatic nitrogens is 2. The zero-order chi connectivity index (χ0) is 25.1. The van der Waals surface area contributed by atoms with Crippen molar-refractivity contribution in [1.82, 2.24) is 14.9 Å². The summed E-state index contributed by atoms with van der Waals surface area (Å²) in [6.45, 7) is 3.40. The van der Waals surface area contributed by atoms with Gasteiger partial charge in [0.15, 0.2) is 0 Å². The Bertz CT molecular complexity index is 1440. The van der Waals surface area contributed by atoms with Gasteiger partial charge in [0.25, 0.3) is 0 Å². The van der Waals surface area contributed by atoms with Crippen LogP contribution in [0.25, 0.3) is 22.8 Å². The molecule has 0 aliphatic carbocycles. The van der Waals surface area contributed by atoms with Crippen molar-refractivity contribution >= 4 is 43.7 Å². The molecule has 0 radical (unpaired) electrons. The van der Waals surface area contributed by atoms with Gasteiger partial charge in [-0.25, -0.2) is 0 Å². The standard InChI is InChI=1S/C28H26N4O3Se/c1-18-24(27(33)30-10-3-12-32-13-11-29-17-32)15-22(36-18)16-25-23-9-6-20(14-26(23)31-28(25)34)19-4-7-21(35-2)8-5-19/h4-9,11,13-17H,3,10,12H2,1-2H3,(H,30,33)(H,31,34)/b25-16-. The van der Waals surface area contributed by atoms with Crippen LogP contribution in [0, 0.1) is 6.92 Å². The van der Waals surface area contributed by atoms with Crippen LogP contribution in [-0.4, -0.2) is 49.5 Å².